The lowest BCUT2D eigenvalue weighted by molar-refractivity contribution is -0.121. The zero-order valence-electron chi connectivity index (χ0n) is 16.5. The first kappa shape index (κ1) is 22.2. The number of rotatable bonds is 6. The number of amidine groups is 1. The summed E-state index contributed by atoms with van der Waals surface area (Å²) in [5.41, 5.74) is 1.42. The third-order valence-electron chi connectivity index (χ3n) is 4.16. The summed E-state index contributed by atoms with van der Waals surface area (Å²) in [6.45, 7) is 2.39. The first-order valence-electron chi connectivity index (χ1n) is 8.94. The molecule has 1 aliphatic heterocycles. The van der Waals surface area contributed by atoms with Crippen LogP contribution in [0.5, 0.6) is 11.5 Å². The van der Waals surface area contributed by atoms with Gasteiger partial charge in [0, 0.05) is 7.05 Å². The molecule has 0 radical (unpaired) electrons. The number of amides is 1. The summed E-state index contributed by atoms with van der Waals surface area (Å²) in [4.78, 5) is 30.3. The van der Waals surface area contributed by atoms with Gasteiger partial charge in [-0.15, -0.1) is 0 Å². The topological polar surface area (TPSA) is 88.4 Å². The monoisotopic (exact) mass is 538 g/mol. The highest BCUT2D eigenvalue weighted by molar-refractivity contribution is 14.1. The molecule has 0 bridgehead atoms. The van der Waals surface area contributed by atoms with Crippen LogP contribution < -0.4 is 9.47 Å². The highest BCUT2D eigenvalue weighted by atomic mass is 127. The summed E-state index contributed by atoms with van der Waals surface area (Å²) in [5, 5.41) is 9.62. The zero-order valence-corrected chi connectivity index (χ0v) is 19.5. The van der Waals surface area contributed by atoms with Crippen molar-refractivity contribution in [2.24, 2.45) is 4.99 Å². The number of aliphatic imine (C=N–C) groups is 1. The highest BCUT2D eigenvalue weighted by Crippen LogP contribution is 2.37. The lowest BCUT2D eigenvalue weighted by Crippen LogP contribution is -2.23. The van der Waals surface area contributed by atoms with Crippen LogP contribution in [-0.4, -0.2) is 47.8 Å². The van der Waals surface area contributed by atoms with Crippen LogP contribution in [0.25, 0.3) is 6.08 Å². The molecule has 3 rings (SSSR count). The number of benzene rings is 2. The summed E-state index contributed by atoms with van der Waals surface area (Å²) in [6.07, 6.45) is 1.78. The van der Waals surface area contributed by atoms with E-state index in [-0.39, 0.29) is 11.5 Å². The molecular formula is C21H19IN2O5S. The first-order chi connectivity index (χ1) is 14.3. The van der Waals surface area contributed by atoms with Crippen LogP contribution in [0.15, 0.2) is 46.3 Å². The highest BCUT2D eigenvalue weighted by Gasteiger charge is 2.30. The number of nitrogens with zero attached hydrogens (tertiary/aromatic N) is 2. The van der Waals surface area contributed by atoms with Crippen molar-refractivity contribution in [2.75, 3.05) is 20.8 Å². The average Bonchev–Trinajstić information content (AvgIpc) is 2.96. The number of carbonyl (C=O) groups is 2. The fourth-order valence-electron chi connectivity index (χ4n) is 2.75. The van der Waals surface area contributed by atoms with E-state index in [0.717, 1.165) is 9.13 Å². The van der Waals surface area contributed by atoms with Crippen LogP contribution in [-0.2, 0) is 4.79 Å². The molecule has 2 aromatic carbocycles. The Kier molecular flexibility index (Phi) is 7.03. The second kappa shape index (κ2) is 9.52. The molecular weight excluding hydrogens is 519 g/mol. The normalized spacial score (nSPS) is 16.4. The number of carbonyl (C=O) groups excluding carboxylic acids is 1. The van der Waals surface area contributed by atoms with Gasteiger partial charge in [0.15, 0.2) is 16.7 Å². The van der Waals surface area contributed by atoms with Gasteiger partial charge in [0.1, 0.15) is 0 Å². The van der Waals surface area contributed by atoms with Gasteiger partial charge in [0.05, 0.1) is 33.4 Å². The molecule has 0 spiro atoms. The van der Waals surface area contributed by atoms with E-state index in [2.05, 4.69) is 27.6 Å². The second-order valence-electron chi connectivity index (χ2n) is 6.19. The van der Waals surface area contributed by atoms with Crippen molar-refractivity contribution in [1.82, 2.24) is 4.90 Å². The molecule has 0 aliphatic carbocycles. The van der Waals surface area contributed by atoms with Crippen LogP contribution in [0.2, 0.25) is 0 Å². The molecule has 9 heteroatoms. The standard InChI is InChI=1S/C21H19IN2O5S/c1-4-29-16-9-12(8-15(22)18(16)28-3)10-17-19(25)24(2)21(30-17)23-14-7-5-6-13(11-14)20(26)27/h5-11H,4H2,1-3H3,(H,26,27). The Bertz CT molecular complexity index is 1070. The van der Waals surface area contributed by atoms with Crippen molar-refractivity contribution in [1.29, 1.82) is 0 Å². The molecule has 2 aromatic rings. The maximum atomic E-state index is 12.7. The lowest BCUT2D eigenvalue weighted by atomic mass is 10.2. The SMILES string of the molecule is CCOc1cc(C=C2SC(=Nc3cccc(C(=O)O)c3)N(C)C2=O)cc(I)c1OC. The second-order valence-corrected chi connectivity index (χ2v) is 8.36. The Hall–Kier alpha value is -2.53. The maximum Gasteiger partial charge on any atom is 0.335 e. The van der Waals surface area contributed by atoms with Crippen LogP contribution >= 0.6 is 34.4 Å². The van der Waals surface area contributed by atoms with Crippen molar-refractivity contribution in [3.8, 4) is 11.5 Å². The van der Waals surface area contributed by atoms with Crippen LogP contribution in [0.1, 0.15) is 22.8 Å². The molecule has 0 unspecified atom stereocenters. The molecule has 0 saturated carbocycles. The molecule has 0 aromatic heterocycles. The number of halogens is 1. The Labute approximate surface area is 191 Å². The predicted octanol–water partition coefficient (Wildman–Crippen LogP) is 4.63. The summed E-state index contributed by atoms with van der Waals surface area (Å²) in [7, 11) is 3.23. The van der Waals surface area contributed by atoms with Crippen molar-refractivity contribution < 1.29 is 24.2 Å². The molecule has 1 N–H and O–H groups in total. The number of methoxy groups -OCH3 is 1. The summed E-state index contributed by atoms with van der Waals surface area (Å²) in [6, 6.07) is 10.0. The van der Waals surface area contributed by atoms with E-state index >= 15 is 0 Å². The maximum absolute atomic E-state index is 12.7. The van der Waals surface area contributed by atoms with Crippen LogP contribution in [0, 0.1) is 3.57 Å². The largest absolute Gasteiger partial charge is 0.492 e. The van der Waals surface area contributed by atoms with Crippen molar-refractivity contribution >= 4 is 63.2 Å². The van der Waals surface area contributed by atoms with Crippen molar-refractivity contribution in [3.63, 3.8) is 0 Å². The number of likely N-dealkylation sites (N-methyl/N-ethyl adjacent to an activating group) is 1. The average molecular weight is 538 g/mol. The van der Waals surface area contributed by atoms with E-state index in [1.807, 2.05) is 19.1 Å². The van der Waals surface area contributed by atoms with Gasteiger partial charge in [0.2, 0.25) is 0 Å². The van der Waals surface area contributed by atoms with Gasteiger partial charge in [-0.1, -0.05) is 6.07 Å². The van der Waals surface area contributed by atoms with Gasteiger partial charge < -0.3 is 14.6 Å². The Morgan fingerprint density at radius 3 is 2.77 bits per heavy atom. The number of carboxylic acids is 1. The molecule has 1 heterocycles. The molecule has 156 valence electrons. The quantitative estimate of drug-likeness (QED) is 0.427. The Morgan fingerprint density at radius 1 is 1.33 bits per heavy atom. The van der Waals surface area contributed by atoms with Gasteiger partial charge in [-0.2, -0.15) is 0 Å². The van der Waals surface area contributed by atoms with Gasteiger partial charge in [0.25, 0.3) is 5.91 Å². The smallest absolute Gasteiger partial charge is 0.335 e. The zero-order chi connectivity index (χ0) is 21.8. The first-order valence-corrected chi connectivity index (χ1v) is 10.8. The van der Waals surface area contributed by atoms with Crippen LogP contribution in [0.4, 0.5) is 5.69 Å². The summed E-state index contributed by atoms with van der Waals surface area (Å²) >= 11 is 3.40. The molecule has 1 aliphatic rings. The van der Waals surface area contributed by atoms with Crippen molar-refractivity contribution in [3.05, 3.63) is 56.0 Å². The minimum absolute atomic E-state index is 0.140. The number of hydrogen-bond donors (Lipinski definition) is 1. The molecule has 0 atom stereocenters. The molecule has 1 fully saturated rings. The van der Waals surface area contributed by atoms with E-state index in [9.17, 15) is 9.59 Å². The third kappa shape index (κ3) is 4.78. The fraction of sp³-hybridized carbons (Fsp3) is 0.190. The number of aromatic carboxylic acids is 1. The van der Waals surface area contributed by atoms with E-state index in [0.29, 0.717) is 33.9 Å². The van der Waals surface area contributed by atoms with Gasteiger partial charge in [-0.05, 0) is 83.2 Å². The molecule has 1 saturated heterocycles. The minimum Gasteiger partial charge on any atom is -0.492 e. The van der Waals surface area contributed by atoms with E-state index < -0.39 is 5.97 Å². The van der Waals surface area contributed by atoms with Crippen LogP contribution in [0.3, 0.4) is 0 Å². The molecule has 30 heavy (non-hydrogen) atoms. The van der Waals surface area contributed by atoms with Crippen molar-refractivity contribution in [2.45, 2.75) is 6.92 Å². The fourth-order valence-corrected chi connectivity index (χ4v) is 4.59. The van der Waals surface area contributed by atoms with Gasteiger partial charge in [-0.3, -0.25) is 9.69 Å². The third-order valence-corrected chi connectivity index (χ3v) is 6.02. The summed E-state index contributed by atoms with van der Waals surface area (Å²) < 4.78 is 11.9. The summed E-state index contributed by atoms with van der Waals surface area (Å²) in [5.74, 6) is 0.0573. The Balaban J connectivity index is 1.93. The van der Waals surface area contributed by atoms with E-state index in [4.69, 9.17) is 14.6 Å². The number of hydrogen-bond acceptors (Lipinski definition) is 6. The Morgan fingerprint density at radius 2 is 2.10 bits per heavy atom. The van der Waals surface area contributed by atoms with E-state index in [1.165, 1.54) is 28.8 Å². The lowest BCUT2D eigenvalue weighted by Gasteiger charge is -2.12. The number of ether oxygens (including phenoxy) is 2. The molecule has 7 nitrogen and oxygen atoms in total. The van der Waals surface area contributed by atoms with Gasteiger partial charge >= 0.3 is 5.97 Å². The van der Waals surface area contributed by atoms with Gasteiger partial charge in [-0.25, -0.2) is 9.79 Å². The minimum atomic E-state index is -1.03. The number of carboxylic acid groups (broad SMARTS) is 1. The predicted molar refractivity (Wildman–Crippen MR) is 126 cm³/mol. The number of thioether (sulfide) groups is 1. The van der Waals surface area contributed by atoms with E-state index in [1.54, 1.807) is 32.4 Å². The molecule has 1 amide bonds.